The third kappa shape index (κ3) is 4.27. The van der Waals surface area contributed by atoms with Crippen molar-refractivity contribution < 1.29 is 9.31 Å². The molecule has 0 saturated heterocycles. The average Bonchev–Trinajstić information content (AvgIpc) is 2.39. The Bertz CT molecular complexity index is 738. The number of nitro benzene ring substituents is 1. The normalized spacial score (nSPS) is 10.1. The van der Waals surface area contributed by atoms with E-state index in [1.807, 2.05) is 0 Å². The maximum Gasteiger partial charge on any atom is 0.271 e. The molecule has 0 unspecified atom stereocenters. The van der Waals surface area contributed by atoms with Crippen molar-refractivity contribution >= 4 is 57.6 Å². The van der Waals surface area contributed by atoms with Crippen LogP contribution in [0.1, 0.15) is 0 Å². The fraction of sp³-hybridized carbons (Fsp3) is 0. The summed E-state index contributed by atoms with van der Waals surface area (Å²) in [5.74, 6) is -0.668. The van der Waals surface area contributed by atoms with Crippen molar-refractivity contribution in [2.45, 2.75) is 0 Å². The number of anilines is 2. The van der Waals surface area contributed by atoms with E-state index in [1.165, 1.54) is 0 Å². The molecule has 9 heteroatoms. The zero-order valence-electron chi connectivity index (χ0n) is 10.8. The second-order valence-electron chi connectivity index (χ2n) is 4.16. The van der Waals surface area contributed by atoms with Crippen LogP contribution < -0.4 is 10.6 Å². The van der Waals surface area contributed by atoms with Gasteiger partial charge in [0.1, 0.15) is 5.82 Å². The number of nitrogens with one attached hydrogen (secondary N) is 2. The topological polar surface area (TPSA) is 67.2 Å². The Morgan fingerprint density at radius 3 is 2.36 bits per heavy atom. The molecule has 0 aliphatic carbocycles. The summed E-state index contributed by atoms with van der Waals surface area (Å²) in [4.78, 5) is 10.1. The Morgan fingerprint density at radius 2 is 1.77 bits per heavy atom. The highest BCUT2D eigenvalue weighted by Crippen LogP contribution is 2.24. The van der Waals surface area contributed by atoms with Gasteiger partial charge in [-0.2, -0.15) is 0 Å². The van der Waals surface area contributed by atoms with Gasteiger partial charge in [-0.05, 0) is 36.5 Å². The molecule has 2 aromatic carbocycles. The largest absolute Gasteiger partial charge is 0.332 e. The van der Waals surface area contributed by atoms with Crippen LogP contribution in [0.25, 0.3) is 0 Å². The lowest BCUT2D eigenvalue weighted by molar-refractivity contribution is -0.384. The van der Waals surface area contributed by atoms with Crippen LogP contribution in [0.2, 0.25) is 10.0 Å². The number of thiocarbonyl (C=S) groups is 1. The van der Waals surface area contributed by atoms with Gasteiger partial charge in [-0.1, -0.05) is 23.2 Å². The highest BCUT2D eigenvalue weighted by atomic mass is 35.5. The Hall–Kier alpha value is -1.96. The van der Waals surface area contributed by atoms with Gasteiger partial charge in [-0.15, -0.1) is 0 Å². The summed E-state index contributed by atoms with van der Waals surface area (Å²) in [5.41, 5.74) is 0.137. The van der Waals surface area contributed by atoms with E-state index in [2.05, 4.69) is 10.6 Å². The van der Waals surface area contributed by atoms with Crippen LogP contribution >= 0.6 is 35.4 Å². The van der Waals surface area contributed by atoms with Crippen LogP contribution in [0.5, 0.6) is 0 Å². The number of hydrogen-bond acceptors (Lipinski definition) is 3. The standard InChI is InChI=1S/C13H8Cl2FN3O2S/c14-7-3-8(15)5-9(4-7)17-13(22)18-12-6-10(19(20)21)1-2-11(12)16/h1-6H,(H2,17,18,22). The summed E-state index contributed by atoms with van der Waals surface area (Å²) in [6.45, 7) is 0. The predicted molar refractivity (Wildman–Crippen MR) is 89.4 cm³/mol. The second kappa shape index (κ2) is 6.87. The van der Waals surface area contributed by atoms with E-state index >= 15 is 0 Å². The SMILES string of the molecule is O=[N+]([O-])c1ccc(F)c(NC(=S)Nc2cc(Cl)cc(Cl)c2)c1. The number of nitro groups is 1. The molecule has 2 rings (SSSR count). The van der Waals surface area contributed by atoms with Crippen LogP contribution in [0.3, 0.4) is 0 Å². The van der Waals surface area contributed by atoms with Gasteiger partial charge >= 0.3 is 0 Å². The fourth-order valence-electron chi connectivity index (χ4n) is 1.63. The highest BCUT2D eigenvalue weighted by molar-refractivity contribution is 7.80. The molecule has 0 atom stereocenters. The quantitative estimate of drug-likeness (QED) is 0.465. The molecule has 2 aromatic rings. The Kier molecular flexibility index (Phi) is 5.12. The van der Waals surface area contributed by atoms with Gasteiger partial charge in [0.25, 0.3) is 5.69 Å². The molecule has 0 radical (unpaired) electrons. The van der Waals surface area contributed by atoms with Crippen molar-refractivity contribution in [3.8, 4) is 0 Å². The molecular formula is C13H8Cl2FN3O2S. The first-order chi connectivity index (χ1) is 10.3. The molecule has 114 valence electrons. The van der Waals surface area contributed by atoms with Crippen molar-refractivity contribution in [1.29, 1.82) is 0 Å². The monoisotopic (exact) mass is 359 g/mol. The van der Waals surface area contributed by atoms with Crippen molar-refractivity contribution in [3.63, 3.8) is 0 Å². The minimum atomic E-state index is -0.668. The van der Waals surface area contributed by atoms with Crippen LogP contribution in [-0.4, -0.2) is 10.0 Å². The summed E-state index contributed by atoms with van der Waals surface area (Å²) in [5, 5.41) is 16.8. The number of hydrogen-bond donors (Lipinski definition) is 2. The van der Waals surface area contributed by atoms with E-state index in [4.69, 9.17) is 35.4 Å². The lowest BCUT2D eigenvalue weighted by Gasteiger charge is -2.11. The van der Waals surface area contributed by atoms with Crippen LogP contribution in [0.4, 0.5) is 21.5 Å². The molecule has 2 N–H and O–H groups in total. The van der Waals surface area contributed by atoms with Gasteiger partial charge in [0.2, 0.25) is 0 Å². The average molecular weight is 360 g/mol. The van der Waals surface area contributed by atoms with Crippen molar-refractivity contribution in [3.05, 3.63) is 62.4 Å². The zero-order valence-corrected chi connectivity index (χ0v) is 13.1. The first-order valence-electron chi connectivity index (χ1n) is 5.83. The number of benzene rings is 2. The second-order valence-corrected chi connectivity index (χ2v) is 5.44. The molecule has 0 fully saturated rings. The minimum Gasteiger partial charge on any atom is -0.332 e. The molecule has 0 aliphatic rings. The molecule has 0 aliphatic heterocycles. The Balaban J connectivity index is 2.15. The van der Waals surface area contributed by atoms with Crippen LogP contribution in [0, 0.1) is 15.9 Å². The third-order valence-electron chi connectivity index (χ3n) is 2.53. The number of non-ortho nitro benzene ring substituents is 1. The van der Waals surface area contributed by atoms with Gasteiger partial charge in [-0.25, -0.2) is 4.39 Å². The maximum atomic E-state index is 13.6. The molecule has 0 aromatic heterocycles. The van der Waals surface area contributed by atoms with E-state index in [-0.39, 0.29) is 16.5 Å². The summed E-state index contributed by atoms with van der Waals surface area (Å²) in [6, 6.07) is 7.79. The lowest BCUT2D eigenvalue weighted by atomic mass is 10.2. The Labute approximate surface area is 140 Å². The molecule has 0 bridgehead atoms. The van der Waals surface area contributed by atoms with Gasteiger partial charge < -0.3 is 10.6 Å². The first kappa shape index (κ1) is 16.4. The predicted octanol–water partition coefficient (Wildman–Crippen LogP) is 4.85. The first-order valence-corrected chi connectivity index (χ1v) is 6.99. The number of nitrogens with zero attached hydrogens (tertiary/aromatic N) is 1. The van der Waals surface area contributed by atoms with E-state index < -0.39 is 10.7 Å². The van der Waals surface area contributed by atoms with Crippen LogP contribution in [-0.2, 0) is 0 Å². The van der Waals surface area contributed by atoms with Crippen LogP contribution in [0.15, 0.2) is 36.4 Å². The molecule has 22 heavy (non-hydrogen) atoms. The number of rotatable bonds is 3. The fourth-order valence-corrected chi connectivity index (χ4v) is 2.39. The molecule has 0 amide bonds. The van der Waals surface area contributed by atoms with E-state index in [0.717, 1.165) is 18.2 Å². The number of halogens is 3. The van der Waals surface area contributed by atoms with Gasteiger partial charge in [0.15, 0.2) is 5.11 Å². The summed E-state index contributed by atoms with van der Waals surface area (Å²) in [6.07, 6.45) is 0. The summed E-state index contributed by atoms with van der Waals surface area (Å²) >= 11 is 16.7. The molecule has 5 nitrogen and oxygen atoms in total. The lowest BCUT2D eigenvalue weighted by Crippen LogP contribution is -2.19. The Morgan fingerprint density at radius 1 is 1.14 bits per heavy atom. The van der Waals surface area contributed by atoms with Crippen molar-refractivity contribution in [2.75, 3.05) is 10.6 Å². The smallest absolute Gasteiger partial charge is 0.271 e. The molecule has 0 heterocycles. The highest BCUT2D eigenvalue weighted by Gasteiger charge is 2.12. The van der Waals surface area contributed by atoms with E-state index in [9.17, 15) is 14.5 Å². The zero-order chi connectivity index (χ0) is 16.3. The van der Waals surface area contributed by atoms with Crippen molar-refractivity contribution in [2.24, 2.45) is 0 Å². The van der Waals surface area contributed by atoms with Gasteiger partial charge in [0.05, 0.1) is 10.6 Å². The van der Waals surface area contributed by atoms with E-state index in [0.29, 0.717) is 15.7 Å². The van der Waals surface area contributed by atoms with E-state index in [1.54, 1.807) is 18.2 Å². The summed E-state index contributed by atoms with van der Waals surface area (Å²) < 4.78 is 13.6. The van der Waals surface area contributed by atoms with Gasteiger partial charge in [0, 0.05) is 27.9 Å². The maximum absolute atomic E-state index is 13.6. The minimum absolute atomic E-state index is 0.0396. The molecule has 0 saturated carbocycles. The molecular weight excluding hydrogens is 352 g/mol. The summed E-state index contributed by atoms with van der Waals surface area (Å²) in [7, 11) is 0. The van der Waals surface area contributed by atoms with Gasteiger partial charge in [-0.3, -0.25) is 10.1 Å². The third-order valence-corrected chi connectivity index (χ3v) is 3.17. The van der Waals surface area contributed by atoms with Crippen molar-refractivity contribution in [1.82, 2.24) is 0 Å². The molecule has 0 spiro atoms.